The van der Waals surface area contributed by atoms with E-state index in [-0.39, 0.29) is 28.2 Å². The van der Waals surface area contributed by atoms with Crippen LogP contribution in [0.25, 0.3) is 22.3 Å². The summed E-state index contributed by atoms with van der Waals surface area (Å²) in [7, 11) is 0. The lowest BCUT2D eigenvalue weighted by Gasteiger charge is -2.22. The van der Waals surface area contributed by atoms with Crippen molar-refractivity contribution in [2.45, 2.75) is 84.5 Å². The van der Waals surface area contributed by atoms with Gasteiger partial charge in [-0.3, -0.25) is 9.56 Å². The SMILES string of the molecule is C=C(CCCN)c1cc(OC(F)(F)F)cc(C(C)(C)C)c1.CC(C)(C)c1cc2cn(-c3ccc(CNCCCN=C(N)N)cc3)c(=O)nc2[nH]1. The summed E-state index contributed by atoms with van der Waals surface area (Å²) < 4.78 is 43.0. The average molecular weight is 697 g/mol. The normalized spacial score (nSPS) is 12.0. The highest BCUT2D eigenvalue weighted by molar-refractivity contribution is 5.76. The van der Waals surface area contributed by atoms with Gasteiger partial charge in [0, 0.05) is 35.8 Å². The van der Waals surface area contributed by atoms with Gasteiger partial charge in [0.2, 0.25) is 0 Å². The van der Waals surface area contributed by atoms with Gasteiger partial charge in [-0.1, -0.05) is 66.3 Å². The molecule has 4 aromatic rings. The van der Waals surface area contributed by atoms with Crippen LogP contribution < -0.4 is 32.9 Å². The van der Waals surface area contributed by atoms with Crippen molar-refractivity contribution in [1.29, 1.82) is 0 Å². The molecule has 0 aliphatic rings. The molecule has 0 saturated heterocycles. The number of ether oxygens (including phenoxy) is 1. The van der Waals surface area contributed by atoms with E-state index in [1.807, 2.05) is 57.3 Å². The highest BCUT2D eigenvalue weighted by Crippen LogP contribution is 2.33. The van der Waals surface area contributed by atoms with Gasteiger partial charge in [0.1, 0.15) is 11.4 Å². The number of nitrogens with two attached hydrogens (primary N) is 3. The second-order valence-corrected chi connectivity index (χ2v) is 14.2. The molecule has 0 atom stereocenters. The van der Waals surface area contributed by atoms with E-state index in [1.54, 1.807) is 4.57 Å². The van der Waals surface area contributed by atoms with E-state index >= 15 is 0 Å². The number of halogens is 3. The number of allylic oxidation sites excluding steroid dienone is 1. The van der Waals surface area contributed by atoms with E-state index in [1.165, 1.54) is 12.1 Å². The lowest BCUT2D eigenvalue weighted by Crippen LogP contribution is -2.23. The van der Waals surface area contributed by atoms with Crippen LogP contribution in [0.3, 0.4) is 0 Å². The highest BCUT2D eigenvalue weighted by atomic mass is 19.4. The van der Waals surface area contributed by atoms with Gasteiger partial charge in [-0.05, 0) is 90.4 Å². The Kier molecular flexibility index (Phi) is 13.4. The molecule has 0 spiro atoms. The van der Waals surface area contributed by atoms with Crippen LogP contribution in [0.4, 0.5) is 13.2 Å². The number of alkyl halides is 3. The Hall–Kier alpha value is -4.62. The number of fused-ring (bicyclic) bond motifs is 1. The van der Waals surface area contributed by atoms with Crippen LogP contribution in [0.5, 0.6) is 5.75 Å². The number of hydrogen-bond acceptors (Lipinski definition) is 6. The van der Waals surface area contributed by atoms with Gasteiger partial charge in [0.25, 0.3) is 0 Å². The van der Waals surface area contributed by atoms with E-state index in [0.29, 0.717) is 30.7 Å². The Labute approximate surface area is 292 Å². The molecule has 272 valence electrons. The fraction of sp³-hybridized carbons (Fsp3) is 0.432. The summed E-state index contributed by atoms with van der Waals surface area (Å²) in [5.41, 5.74) is 21.2. The van der Waals surface area contributed by atoms with Crippen molar-refractivity contribution in [3.05, 3.63) is 94.2 Å². The number of guanidine groups is 1. The minimum atomic E-state index is -4.70. The van der Waals surface area contributed by atoms with E-state index in [9.17, 15) is 18.0 Å². The van der Waals surface area contributed by atoms with Gasteiger partial charge in [0.05, 0.1) is 5.69 Å². The van der Waals surface area contributed by atoms with E-state index in [2.05, 4.69) is 58.4 Å². The first kappa shape index (κ1) is 39.8. The fourth-order valence-electron chi connectivity index (χ4n) is 4.89. The molecule has 2 heterocycles. The Bertz CT molecular complexity index is 1810. The number of aliphatic imine (C=N–C) groups is 1. The first-order valence-corrected chi connectivity index (χ1v) is 16.5. The Morgan fingerprint density at radius 3 is 2.26 bits per heavy atom. The molecule has 8 N–H and O–H groups in total. The molecule has 0 amide bonds. The van der Waals surface area contributed by atoms with Crippen molar-refractivity contribution in [3.63, 3.8) is 0 Å². The Balaban J connectivity index is 0.000000286. The van der Waals surface area contributed by atoms with Gasteiger partial charge in [0.15, 0.2) is 5.96 Å². The summed E-state index contributed by atoms with van der Waals surface area (Å²) in [6, 6.07) is 14.6. The van der Waals surface area contributed by atoms with E-state index in [0.717, 1.165) is 59.4 Å². The smallest absolute Gasteiger partial charge is 0.406 e. The largest absolute Gasteiger partial charge is 0.573 e. The molecule has 10 nitrogen and oxygen atoms in total. The predicted octanol–water partition coefficient (Wildman–Crippen LogP) is 6.40. The van der Waals surface area contributed by atoms with Crippen molar-refractivity contribution < 1.29 is 17.9 Å². The summed E-state index contributed by atoms with van der Waals surface area (Å²) >= 11 is 0. The zero-order chi connectivity index (χ0) is 37.3. The Morgan fingerprint density at radius 1 is 1.00 bits per heavy atom. The van der Waals surface area contributed by atoms with Crippen molar-refractivity contribution in [1.82, 2.24) is 19.9 Å². The summed E-state index contributed by atoms with van der Waals surface area (Å²) in [4.78, 5) is 23.9. The molecular formula is C37H51F3N8O2. The molecular weight excluding hydrogens is 645 g/mol. The van der Waals surface area contributed by atoms with E-state index < -0.39 is 6.36 Å². The predicted molar refractivity (Wildman–Crippen MR) is 197 cm³/mol. The number of aromatic amines is 1. The molecule has 4 rings (SSSR count). The van der Waals surface area contributed by atoms with Crippen molar-refractivity contribution >= 4 is 22.6 Å². The van der Waals surface area contributed by atoms with Crippen LogP contribution in [0.2, 0.25) is 0 Å². The quantitative estimate of drug-likeness (QED) is 0.0651. The zero-order valence-electron chi connectivity index (χ0n) is 29.9. The highest BCUT2D eigenvalue weighted by Gasteiger charge is 2.32. The maximum Gasteiger partial charge on any atom is 0.573 e. The number of nitrogens with zero attached hydrogens (tertiary/aromatic N) is 3. The third-order valence-corrected chi connectivity index (χ3v) is 7.76. The fourth-order valence-corrected chi connectivity index (χ4v) is 4.89. The summed E-state index contributed by atoms with van der Waals surface area (Å²) in [5.74, 6) is -0.0865. The summed E-state index contributed by atoms with van der Waals surface area (Å²) in [6.07, 6.45) is -0.604. The number of rotatable bonds is 12. The molecule has 2 aromatic carbocycles. The van der Waals surface area contributed by atoms with Crippen molar-refractivity contribution in [2.24, 2.45) is 22.2 Å². The third kappa shape index (κ3) is 12.4. The van der Waals surface area contributed by atoms with Gasteiger partial charge in [-0.25, -0.2) is 4.79 Å². The third-order valence-electron chi connectivity index (χ3n) is 7.76. The molecule has 0 unspecified atom stereocenters. The molecule has 0 fully saturated rings. The monoisotopic (exact) mass is 696 g/mol. The molecule has 0 aliphatic heterocycles. The second kappa shape index (κ2) is 16.9. The first-order chi connectivity index (χ1) is 23.3. The minimum absolute atomic E-state index is 0.0352. The first-order valence-electron chi connectivity index (χ1n) is 16.5. The number of aromatic nitrogens is 3. The molecule has 0 radical (unpaired) electrons. The van der Waals surface area contributed by atoms with Crippen LogP contribution >= 0.6 is 0 Å². The molecule has 0 saturated carbocycles. The Morgan fingerprint density at radius 2 is 1.68 bits per heavy atom. The maximum absolute atomic E-state index is 12.5. The lowest BCUT2D eigenvalue weighted by molar-refractivity contribution is -0.274. The maximum atomic E-state index is 12.5. The average Bonchev–Trinajstić information content (AvgIpc) is 3.44. The number of nitrogens with one attached hydrogen (secondary N) is 2. The van der Waals surface area contributed by atoms with Crippen molar-refractivity contribution in [2.75, 3.05) is 19.6 Å². The number of benzene rings is 2. The molecule has 0 aliphatic carbocycles. The van der Waals surface area contributed by atoms with Crippen LogP contribution in [-0.4, -0.2) is 46.5 Å². The molecule has 50 heavy (non-hydrogen) atoms. The molecule has 2 aromatic heterocycles. The van der Waals surface area contributed by atoms with E-state index in [4.69, 9.17) is 17.2 Å². The van der Waals surface area contributed by atoms with Crippen LogP contribution in [0.1, 0.15) is 83.2 Å². The van der Waals surface area contributed by atoms with Gasteiger partial charge >= 0.3 is 12.1 Å². The van der Waals surface area contributed by atoms with Gasteiger partial charge in [-0.2, -0.15) is 4.98 Å². The van der Waals surface area contributed by atoms with Gasteiger partial charge in [-0.15, -0.1) is 13.2 Å². The molecule has 13 heteroatoms. The second-order valence-electron chi connectivity index (χ2n) is 14.2. The summed E-state index contributed by atoms with van der Waals surface area (Å²) in [5, 5.41) is 4.27. The number of H-pyrrole nitrogens is 1. The van der Waals surface area contributed by atoms with Crippen molar-refractivity contribution in [3.8, 4) is 11.4 Å². The summed E-state index contributed by atoms with van der Waals surface area (Å²) in [6.45, 7) is 18.8. The lowest BCUT2D eigenvalue weighted by atomic mass is 9.85. The van der Waals surface area contributed by atoms with Crippen LogP contribution in [0.15, 0.2) is 71.1 Å². The van der Waals surface area contributed by atoms with Crippen LogP contribution in [0, 0.1) is 0 Å². The topological polar surface area (TPSA) is 162 Å². The zero-order valence-corrected chi connectivity index (χ0v) is 29.9. The van der Waals surface area contributed by atoms with Gasteiger partial charge < -0.3 is 32.2 Å². The standard InChI is InChI=1S/C21H29N7O.C16H22F3NO/c1-21(2,3)17-11-15-13-28(20(29)27-18(15)26-17)16-7-5-14(6-8-16)12-24-9-4-10-25-19(22)23;1-11(6-5-7-20)12-8-13(15(2,3)4)10-14(9-12)21-16(17,18)19/h5-8,11,13,24H,4,9-10,12H2,1-3H3,(H4,22,23,25)(H,26,27,29);8-10H,1,5-7,20H2,2-4H3. The number of hydrogen-bond donors (Lipinski definition) is 5. The minimum Gasteiger partial charge on any atom is -0.406 e. The van der Waals surface area contributed by atoms with Crippen LogP contribution in [-0.2, 0) is 17.4 Å². The molecule has 0 bridgehead atoms.